The molecule has 0 atom stereocenters. The molecule has 0 spiro atoms. The Morgan fingerprint density at radius 2 is 2.25 bits per heavy atom. The van der Waals surface area contributed by atoms with E-state index in [1.807, 2.05) is 6.92 Å². The van der Waals surface area contributed by atoms with Crippen LogP contribution in [0.1, 0.15) is 30.3 Å². The minimum atomic E-state index is -0.115. The standard InChI is InChI=1S/C13H22N4O3/c1-2-17-9-11(14)12(15-17)13(19)16-5-3-10(4-6-16)20-8-7-18/h9-10,18H,2-8,14H2,1H3. The number of nitrogens with two attached hydrogens (primary N) is 1. The quantitative estimate of drug-likeness (QED) is 0.799. The summed E-state index contributed by atoms with van der Waals surface area (Å²) in [5.74, 6) is -0.115. The molecule has 0 saturated carbocycles. The first-order chi connectivity index (χ1) is 9.65. The third-order valence-electron chi connectivity index (χ3n) is 3.49. The Morgan fingerprint density at radius 1 is 1.55 bits per heavy atom. The number of aryl methyl sites for hydroxylation is 1. The van der Waals surface area contributed by atoms with Gasteiger partial charge in [0.05, 0.1) is 25.0 Å². The molecule has 3 N–H and O–H groups in total. The second kappa shape index (κ2) is 6.71. The van der Waals surface area contributed by atoms with E-state index in [0.717, 1.165) is 12.8 Å². The maximum absolute atomic E-state index is 12.4. The number of hydrogen-bond acceptors (Lipinski definition) is 5. The number of nitrogens with zero attached hydrogens (tertiary/aromatic N) is 3. The first-order valence-electron chi connectivity index (χ1n) is 7.00. The average molecular weight is 282 g/mol. The summed E-state index contributed by atoms with van der Waals surface area (Å²) in [5, 5.41) is 12.9. The number of hydrogen-bond donors (Lipinski definition) is 2. The number of rotatable bonds is 5. The Kier molecular flexibility index (Phi) is 4.97. The van der Waals surface area contributed by atoms with Crippen molar-refractivity contribution in [3.63, 3.8) is 0 Å². The molecule has 1 aromatic rings. The largest absolute Gasteiger partial charge is 0.396 e. The summed E-state index contributed by atoms with van der Waals surface area (Å²) in [6.45, 7) is 4.29. The number of aliphatic hydroxyl groups excluding tert-OH is 1. The molecule has 1 fully saturated rings. The second-order valence-electron chi connectivity index (χ2n) is 4.87. The molecule has 1 aliphatic rings. The van der Waals surface area contributed by atoms with Crippen LogP contribution in [0.15, 0.2) is 6.20 Å². The smallest absolute Gasteiger partial charge is 0.276 e. The van der Waals surface area contributed by atoms with Crippen LogP contribution in [0.5, 0.6) is 0 Å². The van der Waals surface area contributed by atoms with Crippen LogP contribution >= 0.6 is 0 Å². The summed E-state index contributed by atoms with van der Waals surface area (Å²) < 4.78 is 7.15. The van der Waals surface area contributed by atoms with Gasteiger partial charge < -0.3 is 20.5 Å². The lowest BCUT2D eigenvalue weighted by Gasteiger charge is -2.31. The number of piperidine rings is 1. The van der Waals surface area contributed by atoms with E-state index in [9.17, 15) is 4.79 Å². The van der Waals surface area contributed by atoms with E-state index < -0.39 is 0 Å². The predicted octanol–water partition coefficient (Wildman–Crippen LogP) is 0.0987. The van der Waals surface area contributed by atoms with Crippen LogP contribution in [0.4, 0.5) is 5.69 Å². The molecule has 7 heteroatoms. The zero-order valence-electron chi connectivity index (χ0n) is 11.8. The SMILES string of the molecule is CCn1cc(N)c(C(=O)N2CCC(OCCO)CC2)n1. The summed E-state index contributed by atoms with van der Waals surface area (Å²) in [4.78, 5) is 14.1. The van der Waals surface area contributed by atoms with Crippen LogP contribution in [-0.4, -0.2) is 58.1 Å². The van der Waals surface area contributed by atoms with Crippen molar-refractivity contribution in [1.82, 2.24) is 14.7 Å². The van der Waals surface area contributed by atoms with Crippen LogP contribution in [0, 0.1) is 0 Å². The zero-order chi connectivity index (χ0) is 14.5. The van der Waals surface area contributed by atoms with Gasteiger partial charge in [-0.2, -0.15) is 5.10 Å². The molecule has 1 aromatic heterocycles. The zero-order valence-corrected chi connectivity index (χ0v) is 11.8. The van der Waals surface area contributed by atoms with Crippen LogP contribution in [0.3, 0.4) is 0 Å². The summed E-state index contributed by atoms with van der Waals surface area (Å²) in [6, 6.07) is 0. The highest BCUT2D eigenvalue weighted by Gasteiger charge is 2.26. The third kappa shape index (κ3) is 3.29. The summed E-state index contributed by atoms with van der Waals surface area (Å²) >= 11 is 0. The lowest BCUT2D eigenvalue weighted by molar-refractivity contribution is -0.00564. The van der Waals surface area contributed by atoms with Crippen LogP contribution in [0.2, 0.25) is 0 Å². The van der Waals surface area contributed by atoms with Gasteiger partial charge in [-0.05, 0) is 19.8 Å². The van der Waals surface area contributed by atoms with E-state index in [0.29, 0.717) is 37.6 Å². The molecule has 112 valence electrons. The molecule has 20 heavy (non-hydrogen) atoms. The summed E-state index contributed by atoms with van der Waals surface area (Å²) in [5.41, 5.74) is 6.60. The lowest BCUT2D eigenvalue weighted by Crippen LogP contribution is -2.41. The molecule has 2 rings (SSSR count). The van der Waals surface area contributed by atoms with Crippen molar-refractivity contribution >= 4 is 11.6 Å². The number of carbonyl (C=O) groups is 1. The fourth-order valence-corrected chi connectivity index (χ4v) is 2.36. The van der Waals surface area contributed by atoms with E-state index in [1.165, 1.54) is 0 Å². The maximum atomic E-state index is 12.4. The van der Waals surface area contributed by atoms with Gasteiger partial charge in [0.25, 0.3) is 5.91 Å². The number of amides is 1. The highest BCUT2D eigenvalue weighted by molar-refractivity contribution is 5.97. The molecule has 2 heterocycles. The average Bonchev–Trinajstić information content (AvgIpc) is 2.86. The van der Waals surface area contributed by atoms with E-state index >= 15 is 0 Å². The number of nitrogen functional groups attached to an aromatic ring is 1. The highest BCUT2D eigenvalue weighted by atomic mass is 16.5. The van der Waals surface area contributed by atoms with E-state index in [2.05, 4.69) is 5.10 Å². The van der Waals surface area contributed by atoms with Crippen molar-refractivity contribution in [3.05, 3.63) is 11.9 Å². The molecular formula is C13H22N4O3. The van der Waals surface area contributed by atoms with Crippen molar-refractivity contribution in [3.8, 4) is 0 Å². The van der Waals surface area contributed by atoms with Gasteiger partial charge in [0, 0.05) is 25.8 Å². The number of anilines is 1. The van der Waals surface area contributed by atoms with Crippen LogP contribution < -0.4 is 5.73 Å². The Balaban J connectivity index is 1.92. The van der Waals surface area contributed by atoms with Crippen LogP contribution in [0.25, 0.3) is 0 Å². The number of aliphatic hydroxyl groups is 1. The molecule has 1 aliphatic heterocycles. The molecule has 0 radical (unpaired) electrons. The molecule has 1 saturated heterocycles. The van der Waals surface area contributed by atoms with Gasteiger partial charge in [-0.3, -0.25) is 9.48 Å². The van der Waals surface area contributed by atoms with Crippen LogP contribution in [-0.2, 0) is 11.3 Å². The number of likely N-dealkylation sites (tertiary alicyclic amines) is 1. The van der Waals surface area contributed by atoms with Crippen molar-refractivity contribution < 1.29 is 14.6 Å². The van der Waals surface area contributed by atoms with Gasteiger partial charge in [0.2, 0.25) is 0 Å². The minimum Gasteiger partial charge on any atom is -0.396 e. The van der Waals surface area contributed by atoms with E-state index in [1.54, 1.807) is 15.8 Å². The topological polar surface area (TPSA) is 93.6 Å². The normalized spacial score (nSPS) is 16.6. The summed E-state index contributed by atoms with van der Waals surface area (Å²) in [6.07, 6.45) is 3.36. The first kappa shape index (κ1) is 14.8. The Bertz CT molecular complexity index is 452. The third-order valence-corrected chi connectivity index (χ3v) is 3.49. The number of carbonyl (C=O) groups excluding carboxylic acids is 1. The Hall–Kier alpha value is -1.60. The van der Waals surface area contributed by atoms with Crippen molar-refractivity contribution in [2.45, 2.75) is 32.4 Å². The van der Waals surface area contributed by atoms with Gasteiger partial charge >= 0.3 is 0 Å². The first-order valence-corrected chi connectivity index (χ1v) is 7.00. The minimum absolute atomic E-state index is 0.0319. The Labute approximate surface area is 118 Å². The molecule has 1 amide bonds. The van der Waals surface area contributed by atoms with Gasteiger partial charge in [0.15, 0.2) is 5.69 Å². The summed E-state index contributed by atoms with van der Waals surface area (Å²) in [7, 11) is 0. The fraction of sp³-hybridized carbons (Fsp3) is 0.692. The molecule has 0 bridgehead atoms. The molecule has 0 aromatic carbocycles. The predicted molar refractivity (Wildman–Crippen MR) is 74.3 cm³/mol. The fourth-order valence-electron chi connectivity index (χ4n) is 2.36. The Morgan fingerprint density at radius 3 is 2.80 bits per heavy atom. The highest BCUT2D eigenvalue weighted by Crippen LogP contribution is 2.18. The van der Waals surface area contributed by atoms with Crippen molar-refractivity contribution in [2.24, 2.45) is 0 Å². The van der Waals surface area contributed by atoms with E-state index in [-0.39, 0.29) is 18.6 Å². The molecular weight excluding hydrogens is 260 g/mol. The van der Waals surface area contributed by atoms with Gasteiger partial charge in [-0.15, -0.1) is 0 Å². The van der Waals surface area contributed by atoms with Crippen molar-refractivity contribution in [2.75, 3.05) is 32.0 Å². The number of aromatic nitrogens is 2. The van der Waals surface area contributed by atoms with Crippen molar-refractivity contribution in [1.29, 1.82) is 0 Å². The number of ether oxygens (including phenoxy) is 1. The maximum Gasteiger partial charge on any atom is 0.276 e. The second-order valence-corrected chi connectivity index (χ2v) is 4.87. The molecule has 7 nitrogen and oxygen atoms in total. The monoisotopic (exact) mass is 282 g/mol. The van der Waals surface area contributed by atoms with Gasteiger partial charge in [0.1, 0.15) is 0 Å². The molecule has 0 unspecified atom stereocenters. The van der Waals surface area contributed by atoms with E-state index in [4.69, 9.17) is 15.6 Å². The lowest BCUT2D eigenvalue weighted by atomic mass is 10.1. The van der Waals surface area contributed by atoms with Gasteiger partial charge in [-0.1, -0.05) is 0 Å². The molecule has 0 aliphatic carbocycles. The van der Waals surface area contributed by atoms with Gasteiger partial charge in [-0.25, -0.2) is 0 Å².